The van der Waals surface area contributed by atoms with Gasteiger partial charge in [-0.3, -0.25) is 0 Å². The van der Waals surface area contributed by atoms with E-state index in [9.17, 15) is 0 Å². The zero-order chi connectivity index (χ0) is 19.5. The number of hydrogen-bond acceptors (Lipinski definition) is 2. The lowest BCUT2D eigenvalue weighted by molar-refractivity contribution is 0.141. The molecular formula is C25H42N2. The lowest BCUT2D eigenvalue weighted by atomic mass is 9.69. The Bertz CT molecular complexity index is 427. The Kier molecular flexibility index (Phi) is 10.2. The van der Waals surface area contributed by atoms with Gasteiger partial charge in [0.05, 0.1) is 0 Å². The van der Waals surface area contributed by atoms with Crippen LogP contribution in [0.5, 0.6) is 0 Å². The van der Waals surface area contributed by atoms with Crippen molar-refractivity contribution in [3.63, 3.8) is 0 Å². The normalized spacial score (nSPS) is 33.9. The van der Waals surface area contributed by atoms with Crippen molar-refractivity contribution in [3.05, 3.63) is 50.6 Å². The van der Waals surface area contributed by atoms with Crippen LogP contribution in [0.15, 0.2) is 50.6 Å². The van der Waals surface area contributed by atoms with Crippen LogP contribution in [0.3, 0.4) is 0 Å². The first-order valence-corrected chi connectivity index (χ1v) is 11.1. The average molecular weight is 371 g/mol. The summed E-state index contributed by atoms with van der Waals surface area (Å²) in [6.07, 6.45) is 20.0. The van der Waals surface area contributed by atoms with Crippen LogP contribution in [0.2, 0.25) is 0 Å². The van der Waals surface area contributed by atoms with Gasteiger partial charge >= 0.3 is 0 Å². The van der Waals surface area contributed by atoms with Gasteiger partial charge in [-0.1, -0.05) is 24.3 Å². The molecule has 2 saturated carbocycles. The molecule has 2 fully saturated rings. The van der Waals surface area contributed by atoms with E-state index < -0.39 is 0 Å². The summed E-state index contributed by atoms with van der Waals surface area (Å²) in [6.45, 7) is 17.6. The number of hydrogen-bond donors (Lipinski definition) is 2. The Hall–Kier alpha value is -1.12. The van der Waals surface area contributed by atoms with E-state index >= 15 is 0 Å². The predicted octanol–water partition coefficient (Wildman–Crippen LogP) is 5.65. The Morgan fingerprint density at radius 3 is 1.44 bits per heavy atom. The first-order chi connectivity index (χ1) is 13.2. The summed E-state index contributed by atoms with van der Waals surface area (Å²) in [4.78, 5) is 0. The van der Waals surface area contributed by atoms with Gasteiger partial charge in [0.2, 0.25) is 0 Å². The standard InChI is InChI=1S/C25H42N2/c1-5-9-22-18-20(11-13-24(22)26-15-7-3)17-21-12-14-25(27-16-8-4)23(19-21)10-6-2/h5-8,20-27H,1-4,9-19H2. The molecule has 2 N–H and O–H groups in total. The molecule has 0 radical (unpaired) electrons. The molecule has 0 aromatic rings. The van der Waals surface area contributed by atoms with Gasteiger partial charge in [0.1, 0.15) is 0 Å². The minimum absolute atomic E-state index is 0.643. The van der Waals surface area contributed by atoms with Crippen molar-refractivity contribution < 1.29 is 0 Å². The van der Waals surface area contributed by atoms with Gasteiger partial charge in [-0.15, -0.1) is 26.3 Å². The van der Waals surface area contributed by atoms with Crippen LogP contribution in [-0.2, 0) is 0 Å². The molecule has 0 amide bonds. The fourth-order valence-electron chi connectivity index (χ4n) is 5.58. The molecule has 2 heteroatoms. The van der Waals surface area contributed by atoms with E-state index in [0.717, 1.165) is 49.6 Å². The quantitative estimate of drug-likeness (QED) is 0.434. The number of nitrogens with one attached hydrogen (secondary N) is 2. The molecule has 152 valence electrons. The highest BCUT2D eigenvalue weighted by Gasteiger charge is 2.34. The highest BCUT2D eigenvalue weighted by atomic mass is 14.9. The molecule has 0 aromatic carbocycles. The zero-order valence-electron chi connectivity index (χ0n) is 17.4. The van der Waals surface area contributed by atoms with Gasteiger partial charge in [0.25, 0.3) is 0 Å². The first kappa shape index (κ1) is 22.2. The van der Waals surface area contributed by atoms with Crippen molar-refractivity contribution in [2.75, 3.05) is 13.1 Å². The highest BCUT2D eigenvalue weighted by molar-refractivity contribution is 4.93. The van der Waals surface area contributed by atoms with Crippen LogP contribution in [0.25, 0.3) is 0 Å². The third-order valence-electron chi connectivity index (χ3n) is 6.84. The van der Waals surface area contributed by atoms with Crippen molar-refractivity contribution in [3.8, 4) is 0 Å². The summed E-state index contributed by atoms with van der Waals surface area (Å²) >= 11 is 0. The highest BCUT2D eigenvalue weighted by Crippen LogP contribution is 2.40. The maximum Gasteiger partial charge on any atom is 0.0134 e. The molecule has 0 spiro atoms. The topological polar surface area (TPSA) is 24.1 Å². The van der Waals surface area contributed by atoms with Gasteiger partial charge < -0.3 is 10.6 Å². The van der Waals surface area contributed by atoms with Crippen LogP contribution in [0, 0.1) is 23.7 Å². The second kappa shape index (κ2) is 12.4. The molecule has 0 heterocycles. The van der Waals surface area contributed by atoms with Crippen molar-refractivity contribution in [2.45, 2.75) is 69.9 Å². The van der Waals surface area contributed by atoms with Crippen molar-refractivity contribution in [2.24, 2.45) is 23.7 Å². The van der Waals surface area contributed by atoms with Gasteiger partial charge in [0.15, 0.2) is 0 Å². The van der Waals surface area contributed by atoms with E-state index in [1.54, 1.807) is 0 Å². The third kappa shape index (κ3) is 7.08. The molecule has 2 aliphatic carbocycles. The monoisotopic (exact) mass is 370 g/mol. The van der Waals surface area contributed by atoms with E-state index in [4.69, 9.17) is 0 Å². The lowest BCUT2D eigenvalue weighted by Gasteiger charge is -2.41. The van der Waals surface area contributed by atoms with E-state index in [2.05, 4.69) is 49.1 Å². The average Bonchev–Trinajstić information content (AvgIpc) is 2.67. The van der Waals surface area contributed by atoms with Gasteiger partial charge in [0, 0.05) is 25.2 Å². The molecule has 2 aliphatic rings. The number of allylic oxidation sites excluding steroid dienone is 2. The summed E-state index contributed by atoms with van der Waals surface area (Å²) in [6, 6.07) is 1.29. The second-order valence-electron chi connectivity index (χ2n) is 8.77. The first-order valence-electron chi connectivity index (χ1n) is 11.1. The van der Waals surface area contributed by atoms with Gasteiger partial charge in [-0.2, -0.15) is 0 Å². The summed E-state index contributed by atoms with van der Waals surface area (Å²) in [5, 5.41) is 7.37. The van der Waals surface area contributed by atoms with Crippen molar-refractivity contribution in [1.29, 1.82) is 0 Å². The molecule has 6 unspecified atom stereocenters. The summed E-state index contributed by atoms with van der Waals surface area (Å²) in [5.74, 6) is 3.28. The van der Waals surface area contributed by atoms with Gasteiger partial charge in [-0.05, 0) is 81.5 Å². The minimum atomic E-state index is 0.643. The van der Waals surface area contributed by atoms with E-state index in [1.807, 2.05) is 12.2 Å². The molecule has 2 nitrogen and oxygen atoms in total. The van der Waals surface area contributed by atoms with E-state index in [0.29, 0.717) is 12.1 Å². The summed E-state index contributed by atoms with van der Waals surface area (Å²) < 4.78 is 0. The number of rotatable bonds is 12. The minimum Gasteiger partial charge on any atom is -0.310 e. The Morgan fingerprint density at radius 1 is 0.630 bits per heavy atom. The third-order valence-corrected chi connectivity index (χ3v) is 6.84. The molecule has 0 aromatic heterocycles. The SMILES string of the molecule is C=CCNC1CCC(CC2CCC(NCC=C)C(CC=C)C2)CC1CC=C. The van der Waals surface area contributed by atoms with Crippen molar-refractivity contribution >= 4 is 0 Å². The largest absolute Gasteiger partial charge is 0.310 e. The maximum absolute atomic E-state index is 4.00. The molecule has 0 aliphatic heterocycles. The Morgan fingerprint density at radius 2 is 1.07 bits per heavy atom. The molecular weight excluding hydrogens is 328 g/mol. The lowest BCUT2D eigenvalue weighted by Crippen LogP contribution is -2.42. The van der Waals surface area contributed by atoms with E-state index in [-0.39, 0.29) is 0 Å². The zero-order valence-corrected chi connectivity index (χ0v) is 17.4. The van der Waals surface area contributed by atoms with Crippen LogP contribution >= 0.6 is 0 Å². The van der Waals surface area contributed by atoms with Crippen LogP contribution < -0.4 is 10.6 Å². The summed E-state index contributed by atoms with van der Waals surface area (Å²) in [5.41, 5.74) is 0. The van der Waals surface area contributed by atoms with Crippen LogP contribution in [0.1, 0.15) is 57.8 Å². The molecule has 27 heavy (non-hydrogen) atoms. The van der Waals surface area contributed by atoms with Crippen LogP contribution in [-0.4, -0.2) is 25.2 Å². The molecule has 0 bridgehead atoms. The van der Waals surface area contributed by atoms with Crippen LogP contribution in [0.4, 0.5) is 0 Å². The predicted molar refractivity (Wildman–Crippen MR) is 120 cm³/mol. The Balaban J connectivity index is 1.86. The fourth-order valence-corrected chi connectivity index (χ4v) is 5.58. The van der Waals surface area contributed by atoms with E-state index in [1.165, 1.54) is 44.9 Å². The smallest absolute Gasteiger partial charge is 0.0134 e. The molecule has 0 saturated heterocycles. The van der Waals surface area contributed by atoms with Gasteiger partial charge in [-0.25, -0.2) is 0 Å². The summed E-state index contributed by atoms with van der Waals surface area (Å²) in [7, 11) is 0. The van der Waals surface area contributed by atoms with Crippen molar-refractivity contribution in [1.82, 2.24) is 10.6 Å². The second-order valence-corrected chi connectivity index (χ2v) is 8.77. The Labute approximate surface area is 168 Å². The molecule has 2 rings (SSSR count). The fraction of sp³-hybridized carbons (Fsp3) is 0.680. The molecule has 6 atom stereocenters. The maximum atomic E-state index is 4.00.